The van der Waals surface area contributed by atoms with Crippen molar-refractivity contribution in [3.8, 4) is 0 Å². The molecule has 0 saturated carbocycles. The molecule has 0 bridgehead atoms. The number of H-pyrrole nitrogens is 3. The molecule has 5 rings (SSSR count). The number of hydrogen-bond donors (Lipinski definition) is 7. The smallest absolute Gasteiger partial charge is 0.267 e. The number of nitrogens with zero attached hydrogens (tertiary/aromatic N) is 3. The van der Waals surface area contributed by atoms with Gasteiger partial charge in [0.05, 0.1) is 21.0 Å². The maximum Gasteiger partial charge on any atom is 0.267 e. The van der Waals surface area contributed by atoms with Gasteiger partial charge in [-0.15, -0.1) is 0 Å². The third-order valence-corrected chi connectivity index (χ3v) is 8.99. The van der Waals surface area contributed by atoms with Crippen LogP contribution in [-0.4, -0.2) is 54.4 Å². The molecule has 200 valence electrons. The summed E-state index contributed by atoms with van der Waals surface area (Å²) in [6.07, 6.45) is 4.07. The van der Waals surface area contributed by atoms with Crippen molar-refractivity contribution in [1.29, 1.82) is 0 Å². The predicted molar refractivity (Wildman–Crippen MR) is 152 cm³/mol. The Labute approximate surface area is 242 Å². The summed E-state index contributed by atoms with van der Waals surface area (Å²) in [5.41, 5.74) is 15.3. The third-order valence-electron chi connectivity index (χ3n) is 6.77. The molecule has 1 aliphatic carbocycles. The number of nitrogens with one attached hydrogen (secondary N) is 5. The number of anilines is 2. The summed E-state index contributed by atoms with van der Waals surface area (Å²) in [7, 11) is 1.81. The average Bonchev–Trinajstić information content (AvgIpc) is 3.62. The van der Waals surface area contributed by atoms with E-state index in [0.717, 1.165) is 26.0 Å². The summed E-state index contributed by atoms with van der Waals surface area (Å²) < 4.78 is 4.00. The molecule has 0 fully saturated rings. The summed E-state index contributed by atoms with van der Waals surface area (Å²) in [5, 5.41) is 6.12. The minimum Gasteiger partial charge on any atom is -0.369 e. The maximum atomic E-state index is 13.0. The first kappa shape index (κ1) is 26.6. The highest BCUT2D eigenvalue weighted by Crippen LogP contribution is 2.42. The zero-order valence-corrected chi connectivity index (χ0v) is 24.9. The summed E-state index contributed by atoms with van der Waals surface area (Å²) in [5.74, 6) is -0.426. The first-order valence-corrected chi connectivity index (χ1v) is 14.1. The van der Waals surface area contributed by atoms with E-state index in [4.69, 9.17) is 11.5 Å². The van der Waals surface area contributed by atoms with Gasteiger partial charge in [0.1, 0.15) is 11.4 Å². The Kier molecular flexibility index (Phi) is 7.42. The normalized spacial score (nSPS) is 18.8. The van der Waals surface area contributed by atoms with Gasteiger partial charge < -0.3 is 41.6 Å². The molecule has 4 heterocycles. The number of aromatic amines is 3. The van der Waals surface area contributed by atoms with Crippen LogP contribution in [0.3, 0.4) is 0 Å². The number of carbonyl (C=O) groups is 2. The lowest BCUT2D eigenvalue weighted by Crippen LogP contribution is -2.44. The number of halogens is 3. The van der Waals surface area contributed by atoms with Gasteiger partial charge in [-0.25, -0.2) is 9.97 Å². The van der Waals surface area contributed by atoms with Gasteiger partial charge in [0.15, 0.2) is 11.9 Å². The molecule has 0 aliphatic heterocycles. The Morgan fingerprint density at radius 2 is 1.84 bits per heavy atom. The number of imidazole rings is 2. The summed E-state index contributed by atoms with van der Waals surface area (Å²) in [6.45, 7) is 0.666. The fourth-order valence-electron chi connectivity index (χ4n) is 5.04. The lowest BCUT2D eigenvalue weighted by Gasteiger charge is -2.37. The van der Waals surface area contributed by atoms with Crippen LogP contribution in [0.5, 0.6) is 0 Å². The fourth-order valence-corrected chi connectivity index (χ4v) is 6.22. The monoisotopic (exact) mass is 710 g/mol. The van der Waals surface area contributed by atoms with E-state index in [0.29, 0.717) is 41.4 Å². The number of aromatic nitrogens is 6. The molecule has 4 aromatic heterocycles. The molecule has 0 radical (unpaired) electrons. The van der Waals surface area contributed by atoms with Crippen LogP contribution in [0.1, 0.15) is 44.0 Å². The Hall–Kier alpha value is -3.04. The Morgan fingerprint density at radius 1 is 1.08 bits per heavy atom. The van der Waals surface area contributed by atoms with Gasteiger partial charge in [-0.05, 0) is 78.2 Å². The first-order valence-electron chi connectivity index (χ1n) is 11.7. The van der Waals surface area contributed by atoms with Crippen molar-refractivity contribution in [2.45, 2.75) is 12.3 Å². The van der Waals surface area contributed by atoms with Crippen molar-refractivity contribution in [3.63, 3.8) is 0 Å². The van der Waals surface area contributed by atoms with Crippen LogP contribution in [0.15, 0.2) is 38.1 Å². The van der Waals surface area contributed by atoms with Gasteiger partial charge in [0.2, 0.25) is 0 Å². The topological polar surface area (TPSA) is 188 Å². The van der Waals surface area contributed by atoms with Gasteiger partial charge >= 0.3 is 0 Å². The molecular weight excluding hydrogens is 688 g/mol. The first-order chi connectivity index (χ1) is 18.1. The number of aryl methyl sites for hydroxylation is 1. The maximum absolute atomic E-state index is 13.0. The number of nitrogen functional groups attached to an aromatic ring is 2. The summed E-state index contributed by atoms with van der Waals surface area (Å²) >= 11 is 10.2. The van der Waals surface area contributed by atoms with Crippen molar-refractivity contribution in [2.75, 3.05) is 24.6 Å². The predicted octanol–water partition coefficient (Wildman–Crippen LogP) is 3.03. The molecule has 2 amide bonds. The Morgan fingerprint density at radius 3 is 2.47 bits per heavy atom. The molecule has 1 aliphatic rings. The van der Waals surface area contributed by atoms with E-state index >= 15 is 0 Å². The van der Waals surface area contributed by atoms with E-state index in [1.807, 2.05) is 13.2 Å². The SMILES string of the molecule is Cn1cc(Br)cc1C(=O)NC[C@@H]1Cc2[nH]c(N)nc2[C@H](c2cnc(N)[nH]2)[C@H]1CNC(=O)c1cc(Br)c(Br)[nH]1. The average molecular weight is 713 g/mol. The van der Waals surface area contributed by atoms with Gasteiger partial charge in [-0.1, -0.05) is 0 Å². The molecule has 0 spiro atoms. The minimum atomic E-state index is -0.300. The van der Waals surface area contributed by atoms with Crippen LogP contribution in [0.2, 0.25) is 0 Å². The zero-order valence-electron chi connectivity index (χ0n) is 20.1. The van der Waals surface area contributed by atoms with E-state index in [2.05, 4.69) is 83.3 Å². The number of hydrogen-bond acceptors (Lipinski definition) is 6. The van der Waals surface area contributed by atoms with Gasteiger partial charge in [0.25, 0.3) is 11.8 Å². The highest BCUT2D eigenvalue weighted by atomic mass is 79.9. The number of carbonyl (C=O) groups excluding carboxylic acids is 2. The fraction of sp³-hybridized carbons (Fsp3) is 0.304. The van der Waals surface area contributed by atoms with Crippen molar-refractivity contribution in [1.82, 2.24) is 40.1 Å². The third kappa shape index (κ3) is 5.27. The van der Waals surface area contributed by atoms with Crippen LogP contribution in [0.25, 0.3) is 0 Å². The van der Waals surface area contributed by atoms with E-state index < -0.39 is 0 Å². The second-order valence-electron chi connectivity index (χ2n) is 9.23. The molecule has 15 heteroatoms. The highest BCUT2D eigenvalue weighted by molar-refractivity contribution is 9.13. The Balaban J connectivity index is 1.44. The van der Waals surface area contributed by atoms with Crippen molar-refractivity contribution in [3.05, 3.63) is 66.5 Å². The molecule has 0 saturated heterocycles. The minimum absolute atomic E-state index is 0.0769. The van der Waals surface area contributed by atoms with E-state index in [-0.39, 0.29) is 35.5 Å². The van der Waals surface area contributed by atoms with Crippen LogP contribution in [0.4, 0.5) is 11.9 Å². The molecule has 0 unspecified atom stereocenters. The van der Waals surface area contributed by atoms with E-state index in [9.17, 15) is 9.59 Å². The van der Waals surface area contributed by atoms with Crippen molar-refractivity contribution >= 4 is 71.5 Å². The highest BCUT2D eigenvalue weighted by Gasteiger charge is 2.41. The lowest BCUT2D eigenvalue weighted by molar-refractivity contribution is 0.0904. The largest absolute Gasteiger partial charge is 0.369 e. The molecule has 4 aromatic rings. The van der Waals surface area contributed by atoms with Crippen LogP contribution in [-0.2, 0) is 13.5 Å². The second kappa shape index (κ2) is 10.6. The lowest BCUT2D eigenvalue weighted by atomic mass is 9.71. The zero-order chi connectivity index (χ0) is 27.1. The molecular formula is C23H25Br3N10O2. The van der Waals surface area contributed by atoms with Gasteiger partial charge in [0, 0.05) is 48.1 Å². The second-order valence-corrected chi connectivity index (χ2v) is 11.8. The molecule has 38 heavy (non-hydrogen) atoms. The molecule has 3 atom stereocenters. The molecule has 12 nitrogen and oxygen atoms in total. The Bertz CT molecular complexity index is 1480. The van der Waals surface area contributed by atoms with Gasteiger partial charge in [-0.3, -0.25) is 9.59 Å². The number of fused-ring (bicyclic) bond motifs is 1. The standard InChI is InChI=1S/C23H25Br3N10O2/c1-36-8-10(24)3-16(36)21(38)29-5-9-2-13-18(35-23(28)33-13)17(15-7-31-22(27)34-15)11(9)6-30-20(37)14-4-12(25)19(26)32-14/h3-4,7-9,11,17,32H,2,5-6H2,1H3,(H,29,38)(H,30,37)(H3,27,31,34)(H3,28,33,35)/t9-,11-,17-/m0/s1. The molecule has 0 aromatic carbocycles. The number of amides is 2. The quantitative estimate of drug-likeness (QED) is 0.154. The molecule has 9 N–H and O–H groups in total. The van der Waals surface area contributed by atoms with Crippen LogP contribution >= 0.6 is 47.8 Å². The van der Waals surface area contributed by atoms with Crippen LogP contribution < -0.4 is 22.1 Å². The number of rotatable bonds is 7. The van der Waals surface area contributed by atoms with Crippen LogP contribution in [0, 0.1) is 11.8 Å². The van der Waals surface area contributed by atoms with E-state index in [1.165, 1.54) is 0 Å². The van der Waals surface area contributed by atoms with Crippen molar-refractivity contribution in [2.24, 2.45) is 18.9 Å². The van der Waals surface area contributed by atoms with Gasteiger partial charge in [-0.2, -0.15) is 0 Å². The summed E-state index contributed by atoms with van der Waals surface area (Å²) in [6, 6.07) is 3.47. The number of nitrogens with two attached hydrogens (primary N) is 2. The summed E-state index contributed by atoms with van der Waals surface area (Å²) in [4.78, 5) is 44.1. The van der Waals surface area contributed by atoms with E-state index in [1.54, 1.807) is 22.9 Å². The van der Waals surface area contributed by atoms with Crippen molar-refractivity contribution < 1.29 is 9.59 Å².